The van der Waals surface area contributed by atoms with Crippen molar-refractivity contribution in [3.63, 3.8) is 0 Å². The van der Waals surface area contributed by atoms with Crippen LogP contribution in [0.1, 0.15) is 15.9 Å². The van der Waals surface area contributed by atoms with Crippen LogP contribution in [-0.2, 0) is 6.18 Å². The minimum atomic E-state index is -4.74. The summed E-state index contributed by atoms with van der Waals surface area (Å²) in [5, 5.41) is 9.05. The lowest BCUT2D eigenvalue weighted by Gasteiger charge is -2.11. The number of halogens is 4. The molecule has 0 bridgehead atoms. The SMILES string of the molecule is COc1ccc(-c2ncc(C(F)(F)F)cc2C(=O)O)c(F)c1. The van der Waals surface area contributed by atoms with Crippen LogP contribution in [0.15, 0.2) is 30.5 Å². The van der Waals surface area contributed by atoms with Gasteiger partial charge in [-0.2, -0.15) is 13.2 Å². The first kappa shape index (κ1) is 15.7. The maximum atomic E-state index is 14.0. The number of hydrogen-bond acceptors (Lipinski definition) is 3. The average molecular weight is 315 g/mol. The van der Waals surface area contributed by atoms with Gasteiger partial charge in [0.2, 0.25) is 0 Å². The van der Waals surface area contributed by atoms with Gasteiger partial charge in [0.25, 0.3) is 0 Å². The minimum Gasteiger partial charge on any atom is -0.497 e. The second kappa shape index (κ2) is 5.63. The monoisotopic (exact) mass is 315 g/mol. The second-order valence-electron chi connectivity index (χ2n) is 4.27. The van der Waals surface area contributed by atoms with E-state index in [0.717, 1.165) is 6.07 Å². The number of carbonyl (C=O) groups is 1. The maximum absolute atomic E-state index is 14.0. The van der Waals surface area contributed by atoms with Crippen LogP contribution in [0.25, 0.3) is 11.3 Å². The summed E-state index contributed by atoms with van der Waals surface area (Å²) in [6, 6.07) is 3.95. The first-order chi connectivity index (χ1) is 10.2. The highest BCUT2D eigenvalue weighted by atomic mass is 19.4. The van der Waals surface area contributed by atoms with Gasteiger partial charge in [0.1, 0.15) is 11.6 Å². The van der Waals surface area contributed by atoms with Crippen LogP contribution < -0.4 is 4.74 Å². The molecule has 0 atom stereocenters. The Morgan fingerprint density at radius 2 is 1.95 bits per heavy atom. The molecule has 22 heavy (non-hydrogen) atoms. The van der Waals surface area contributed by atoms with Gasteiger partial charge in [-0.15, -0.1) is 0 Å². The lowest BCUT2D eigenvalue weighted by Crippen LogP contribution is -2.10. The highest BCUT2D eigenvalue weighted by Gasteiger charge is 2.33. The predicted octanol–water partition coefficient (Wildman–Crippen LogP) is 3.61. The number of pyridine rings is 1. The van der Waals surface area contributed by atoms with Gasteiger partial charge in [0, 0.05) is 17.8 Å². The summed E-state index contributed by atoms with van der Waals surface area (Å²) in [6.45, 7) is 0. The molecule has 8 heteroatoms. The second-order valence-corrected chi connectivity index (χ2v) is 4.27. The standard InChI is InChI=1S/C14H9F4NO3/c1-22-8-2-3-9(11(15)5-8)12-10(13(20)21)4-7(6-19-12)14(16,17)18/h2-6H,1H3,(H,20,21). The van der Waals surface area contributed by atoms with E-state index in [1.54, 1.807) is 0 Å². The molecule has 0 fully saturated rings. The molecular weight excluding hydrogens is 306 g/mol. The highest BCUT2D eigenvalue weighted by Crippen LogP contribution is 2.33. The number of rotatable bonds is 3. The van der Waals surface area contributed by atoms with Crippen molar-refractivity contribution < 1.29 is 32.2 Å². The van der Waals surface area contributed by atoms with Crippen molar-refractivity contribution in [1.82, 2.24) is 4.98 Å². The van der Waals surface area contributed by atoms with Gasteiger partial charge >= 0.3 is 12.1 Å². The molecular formula is C14H9F4NO3. The number of alkyl halides is 3. The van der Waals surface area contributed by atoms with E-state index in [4.69, 9.17) is 9.84 Å². The Morgan fingerprint density at radius 3 is 2.45 bits per heavy atom. The third-order valence-corrected chi connectivity index (χ3v) is 2.88. The molecule has 1 N–H and O–H groups in total. The summed E-state index contributed by atoms with van der Waals surface area (Å²) in [5.41, 5.74) is -2.57. The highest BCUT2D eigenvalue weighted by molar-refractivity contribution is 5.95. The fourth-order valence-electron chi connectivity index (χ4n) is 1.81. The number of nitrogens with zero attached hydrogens (tertiary/aromatic N) is 1. The molecule has 0 radical (unpaired) electrons. The Kier molecular flexibility index (Phi) is 4.03. The van der Waals surface area contributed by atoms with Crippen LogP contribution >= 0.6 is 0 Å². The Hall–Kier alpha value is -2.64. The summed E-state index contributed by atoms with van der Waals surface area (Å²) in [5.74, 6) is -2.30. The Morgan fingerprint density at radius 1 is 1.27 bits per heavy atom. The van der Waals surface area contributed by atoms with E-state index in [-0.39, 0.29) is 17.0 Å². The summed E-state index contributed by atoms with van der Waals surface area (Å²) in [7, 11) is 1.31. The smallest absolute Gasteiger partial charge is 0.417 e. The lowest BCUT2D eigenvalue weighted by atomic mass is 10.0. The molecule has 116 valence electrons. The maximum Gasteiger partial charge on any atom is 0.417 e. The zero-order valence-corrected chi connectivity index (χ0v) is 11.1. The van der Waals surface area contributed by atoms with Crippen molar-refractivity contribution >= 4 is 5.97 Å². The summed E-state index contributed by atoms with van der Waals surface area (Å²) >= 11 is 0. The molecule has 0 saturated heterocycles. The van der Waals surface area contributed by atoms with E-state index in [1.807, 2.05) is 0 Å². The molecule has 0 saturated carbocycles. The molecule has 4 nitrogen and oxygen atoms in total. The van der Waals surface area contributed by atoms with Gasteiger partial charge in [-0.1, -0.05) is 0 Å². The molecule has 0 aliphatic heterocycles. The van der Waals surface area contributed by atoms with E-state index in [9.17, 15) is 22.4 Å². The fourth-order valence-corrected chi connectivity index (χ4v) is 1.81. The summed E-state index contributed by atoms with van der Waals surface area (Å²) in [4.78, 5) is 14.6. The first-order valence-electron chi connectivity index (χ1n) is 5.88. The van der Waals surface area contributed by atoms with Crippen LogP contribution in [0, 0.1) is 5.82 Å². The molecule has 0 aliphatic carbocycles. The van der Waals surface area contributed by atoms with Crippen LogP contribution in [0.3, 0.4) is 0 Å². The third kappa shape index (κ3) is 3.00. The van der Waals surface area contributed by atoms with Crippen molar-refractivity contribution in [2.24, 2.45) is 0 Å². The third-order valence-electron chi connectivity index (χ3n) is 2.88. The summed E-state index contributed by atoms with van der Waals surface area (Å²) in [6.07, 6.45) is -4.28. The number of hydrogen-bond donors (Lipinski definition) is 1. The van der Waals surface area contributed by atoms with Crippen molar-refractivity contribution in [2.45, 2.75) is 6.18 Å². The number of benzene rings is 1. The van der Waals surface area contributed by atoms with Crippen LogP contribution in [0.2, 0.25) is 0 Å². The van der Waals surface area contributed by atoms with Gasteiger partial charge in [0.05, 0.1) is 23.9 Å². The van der Waals surface area contributed by atoms with E-state index in [0.29, 0.717) is 12.3 Å². The summed E-state index contributed by atoms with van der Waals surface area (Å²) < 4.78 is 56.6. The molecule has 1 aromatic carbocycles. The molecule has 0 spiro atoms. The number of carboxylic acid groups (broad SMARTS) is 1. The minimum absolute atomic E-state index is 0.185. The molecule has 0 amide bonds. The zero-order valence-electron chi connectivity index (χ0n) is 11.1. The van der Waals surface area contributed by atoms with Gasteiger partial charge in [-0.25, -0.2) is 9.18 Å². The molecule has 0 unspecified atom stereocenters. The van der Waals surface area contributed by atoms with Crippen molar-refractivity contribution in [3.8, 4) is 17.0 Å². The predicted molar refractivity (Wildman–Crippen MR) is 68.1 cm³/mol. The van der Waals surface area contributed by atoms with Gasteiger partial charge in [-0.3, -0.25) is 4.98 Å². The molecule has 2 rings (SSSR count). The van der Waals surface area contributed by atoms with E-state index in [2.05, 4.69) is 4.98 Å². The van der Waals surface area contributed by atoms with E-state index >= 15 is 0 Å². The van der Waals surface area contributed by atoms with Crippen molar-refractivity contribution in [1.29, 1.82) is 0 Å². The largest absolute Gasteiger partial charge is 0.497 e. The Bertz CT molecular complexity index is 729. The number of aromatic nitrogens is 1. The number of methoxy groups -OCH3 is 1. The first-order valence-corrected chi connectivity index (χ1v) is 5.88. The van der Waals surface area contributed by atoms with Gasteiger partial charge < -0.3 is 9.84 Å². The number of ether oxygens (including phenoxy) is 1. The number of aromatic carboxylic acids is 1. The number of carboxylic acids is 1. The van der Waals surface area contributed by atoms with Gasteiger partial charge in [-0.05, 0) is 18.2 Å². The molecule has 0 aliphatic rings. The topological polar surface area (TPSA) is 59.4 Å². The lowest BCUT2D eigenvalue weighted by molar-refractivity contribution is -0.137. The van der Waals surface area contributed by atoms with Crippen LogP contribution in [0.4, 0.5) is 17.6 Å². The molecule has 2 aromatic rings. The normalized spacial score (nSPS) is 11.3. The van der Waals surface area contributed by atoms with Crippen molar-refractivity contribution in [3.05, 3.63) is 47.4 Å². The molecule has 1 heterocycles. The Labute approximate surface area is 122 Å². The molecule has 1 aromatic heterocycles. The van der Waals surface area contributed by atoms with E-state index < -0.39 is 29.1 Å². The van der Waals surface area contributed by atoms with E-state index in [1.165, 1.54) is 19.2 Å². The van der Waals surface area contributed by atoms with Crippen LogP contribution in [-0.4, -0.2) is 23.2 Å². The van der Waals surface area contributed by atoms with Crippen molar-refractivity contribution in [2.75, 3.05) is 7.11 Å². The fraction of sp³-hybridized carbons (Fsp3) is 0.143. The average Bonchev–Trinajstić information content (AvgIpc) is 2.45. The zero-order chi connectivity index (χ0) is 16.5. The van der Waals surface area contributed by atoms with Crippen LogP contribution in [0.5, 0.6) is 5.75 Å². The van der Waals surface area contributed by atoms with Gasteiger partial charge in [0.15, 0.2) is 0 Å². The Balaban J connectivity index is 2.63. The quantitative estimate of drug-likeness (QED) is 0.879.